The van der Waals surface area contributed by atoms with E-state index in [0.717, 1.165) is 44.5 Å². The Hall–Kier alpha value is -2.46. The number of carbonyl (C=O) groups is 1. The van der Waals surface area contributed by atoms with Crippen molar-refractivity contribution in [3.63, 3.8) is 0 Å². The third kappa shape index (κ3) is 3.42. The van der Waals surface area contributed by atoms with Gasteiger partial charge in [0.1, 0.15) is 11.3 Å². The zero-order chi connectivity index (χ0) is 18.8. The maximum absolute atomic E-state index is 12.7. The van der Waals surface area contributed by atoms with Crippen molar-refractivity contribution in [1.82, 2.24) is 0 Å². The molecule has 26 heavy (non-hydrogen) atoms. The van der Waals surface area contributed by atoms with Gasteiger partial charge in [0.05, 0.1) is 0 Å². The van der Waals surface area contributed by atoms with Crippen molar-refractivity contribution in [3.8, 4) is 5.75 Å². The van der Waals surface area contributed by atoms with Gasteiger partial charge in [-0.05, 0) is 79.6 Å². The van der Waals surface area contributed by atoms with Gasteiger partial charge in [-0.25, -0.2) is 0 Å². The van der Waals surface area contributed by atoms with Crippen LogP contribution in [0.1, 0.15) is 39.7 Å². The lowest BCUT2D eigenvalue weighted by Gasteiger charge is -2.04. The quantitative estimate of drug-likeness (QED) is 0.345. The van der Waals surface area contributed by atoms with Crippen molar-refractivity contribution in [2.75, 3.05) is 6.26 Å². The van der Waals surface area contributed by atoms with E-state index in [9.17, 15) is 9.90 Å². The molecule has 0 radical (unpaired) electrons. The van der Waals surface area contributed by atoms with Crippen LogP contribution in [-0.4, -0.2) is 17.1 Å². The molecule has 1 heterocycles. The summed E-state index contributed by atoms with van der Waals surface area (Å²) in [5.74, 6) is 0.556. The number of ketones is 1. The second-order valence-electron chi connectivity index (χ2n) is 6.33. The molecule has 0 fully saturated rings. The minimum absolute atomic E-state index is 0.146. The highest BCUT2D eigenvalue weighted by atomic mass is 32.2. The second-order valence-corrected chi connectivity index (χ2v) is 7.21. The van der Waals surface area contributed by atoms with Crippen molar-refractivity contribution in [2.45, 2.75) is 32.1 Å². The van der Waals surface area contributed by atoms with Gasteiger partial charge in [-0.1, -0.05) is 13.0 Å². The smallest absolute Gasteiger partial charge is 0.221 e. The van der Waals surface area contributed by atoms with E-state index in [1.165, 1.54) is 6.08 Å². The summed E-state index contributed by atoms with van der Waals surface area (Å²) in [7, 11) is 0. The molecule has 0 unspecified atom stereocenters. The molecule has 1 aromatic heterocycles. The number of hydrogen-bond donors (Lipinski definition) is 1. The minimum Gasteiger partial charge on any atom is -0.507 e. The van der Waals surface area contributed by atoms with Crippen LogP contribution in [0.5, 0.6) is 5.75 Å². The fourth-order valence-electron chi connectivity index (χ4n) is 3.14. The Morgan fingerprint density at radius 1 is 1.19 bits per heavy atom. The molecule has 0 aliphatic heterocycles. The van der Waals surface area contributed by atoms with Gasteiger partial charge < -0.3 is 9.52 Å². The summed E-state index contributed by atoms with van der Waals surface area (Å²) >= 11 is 1.65. The number of allylic oxidation sites excluding steroid dienone is 1. The Labute approximate surface area is 157 Å². The molecule has 0 saturated carbocycles. The fourth-order valence-corrected chi connectivity index (χ4v) is 3.57. The molecule has 3 rings (SSSR count). The molecule has 0 saturated heterocycles. The van der Waals surface area contributed by atoms with Gasteiger partial charge in [0.15, 0.2) is 5.76 Å². The number of rotatable bonds is 5. The summed E-state index contributed by atoms with van der Waals surface area (Å²) in [4.78, 5) is 13.8. The van der Waals surface area contributed by atoms with Gasteiger partial charge in [-0.2, -0.15) is 0 Å². The van der Waals surface area contributed by atoms with E-state index < -0.39 is 0 Å². The Balaban J connectivity index is 1.97. The Morgan fingerprint density at radius 2 is 1.88 bits per heavy atom. The third-order valence-corrected chi connectivity index (χ3v) is 5.24. The van der Waals surface area contributed by atoms with Crippen LogP contribution in [0, 0.1) is 13.8 Å². The molecule has 0 amide bonds. The van der Waals surface area contributed by atoms with E-state index in [0.29, 0.717) is 11.5 Å². The van der Waals surface area contributed by atoms with Crippen LogP contribution >= 0.6 is 11.8 Å². The van der Waals surface area contributed by atoms with Crippen molar-refractivity contribution in [3.05, 3.63) is 64.4 Å². The van der Waals surface area contributed by atoms with Crippen molar-refractivity contribution in [1.29, 1.82) is 0 Å². The van der Waals surface area contributed by atoms with Gasteiger partial charge in [0.2, 0.25) is 5.78 Å². The van der Waals surface area contributed by atoms with Crippen LogP contribution in [0.25, 0.3) is 17.0 Å². The summed E-state index contributed by atoms with van der Waals surface area (Å²) < 4.78 is 5.90. The highest BCUT2D eigenvalue weighted by molar-refractivity contribution is 7.98. The topological polar surface area (TPSA) is 50.4 Å². The maximum atomic E-state index is 12.7. The number of phenols is 1. The van der Waals surface area contributed by atoms with E-state index in [1.54, 1.807) is 17.8 Å². The lowest BCUT2D eigenvalue weighted by atomic mass is 10.0. The predicted octanol–water partition coefficient (Wildman–Crippen LogP) is 5.94. The lowest BCUT2D eigenvalue weighted by Crippen LogP contribution is -1.96. The molecular weight excluding hydrogens is 344 g/mol. The van der Waals surface area contributed by atoms with Crippen LogP contribution in [0.3, 0.4) is 0 Å². The van der Waals surface area contributed by atoms with Gasteiger partial charge in [0, 0.05) is 15.8 Å². The third-order valence-electron chi connectivity index (χ3n) is 4.52. The molecule has 0 bridgehead atoms. The van der Waals surface area contributed by atoms with Gasteiger partial charge >= 0.3 is 0 Å². The van der Waals surface area contributed by atoms with Crippen LogP contribution in [0.2, 0.25) is 0 Å². The summed E-state index contributed by atoms with van der Waals surface area (Å²) in [6.07, 6.45) is 6.05. The van der Waals surface area contributed by atoms with E-state index in [1.807, 2.05) is 57.4 Å². The second kappa shape index (κ2) is 7.42. The molecule has 0 aliphatic rings. The predicted molar refractivity (Wildman–Crippen MR) is 108 cm³/mol. The van der Waals surface area contributed by atoms with E-state index in [-0.39, 0.29) is 5.78 Å². The number of aryl methyl sites for hydroxylation is 3. The van der Waals surface area contributed by atoms with Crippen LogP contribution in [0.4, 0.5) is 0 Å². The van der Waals surface area contributed by atoms with Crippen molar-refractivity contribution < 1.29 is 14.3 Å². The number of phenolic OH excluding ortho intramolecular Hbond substituents is 1. The number of fused-ring (bicyclic) bond motifs is 1. The molecule has 3 nitrogen and oxygen atoms in total. The SMILES string of the molecule is CCc1c(C(=O)/C=C/c2cc(C)c(O)c(C)c2)oc2cc(SC)ccc12. The lowest BCUT2D eigenvalue weighted by molar-refractivity contribution is 0.102. The van der Waals surface area contributed by atoms with Gasteiger partial charge in [0.25, 0.3) is 0 Å². The first kappa shape index (κ1) is 18.3. The first-order valence-corrected chi connectivity index (χ1v) is 9.79. The zero-order valence-corrected chi connectivity index (χ0v) is 16.2. The van der Waals surface area contributed by atoms with Gasteiger partial charge in [-0.3, -0.25) is 4.79 Å². The highest BCUT2D eigenvalue weighted by Gasteiger charge is 2.17. The minimum atomic E-state index is -0.146. The highest BCUT2D eigenvalue weighted by Crippen LogP contribution is 2.30. The molecule has 0 spiro atoms. The van der Waals surface area contributed by atoms with E-state index in [2.05, 4.69) is 0 Å². The molecule has 3 aromatic rings. The number of hydrogen-bond acceptors (Lipinski definition) is 4. The number of benzene rings is 2. The van der Waals surface area contributed by atoms with Crippen LogP contribution < -0.4 is 0 Å². The van der Waals surface area contributed by atoms with E-state index >= 15 is 0 Å². The Morgan fingerprint density at radius 3 is 2.50 bits per heavy atom. The zero-order valence-electron chi connectivity index (χ0n) is 15.4. The molecular formula is C22H22O3S. The largest absolute Gasteiger partial charge is 0.507 e. The average molecular weight is 366 g/mol. The van der Waals surface area contributed by atoms with Crippen molar-refractivity contribution in [2.24, 2.45) is 0 Å². The Kier molecular flexibility index (Phi) is 5.23. The first-order valence-electron chi connectivity index (χ1n) is 8.56. The molecule has 1 N–H and O–H groups in total. The molecule has 134 valence electrons. The number of furan rings is 1. The van der Waals surface area contributed by atoms with Crippen LogP contribution in [-0.2, 0) is 6.42 Å². The summed E-state index contributed by atoms with van der Waals surface area (Å²) in [6.45, 7) is 5.72. The maximum Gasteiger partial charge on any atom is 0.221 e. The number of aromatic hydroxyl groups is 1. The van der Waals surface area contributed by atoms with Crippen molar-refractivity contribution >= 4 is 34.6 Å². The standard InChI is InChI=1S/C22H22O3S/c1-5-17-18-8-7-16(26-4)12-20(18)25-22(17)19(23)9-6-15-10-13(2)21(24)14(3)11-15/h6-12,24H,5H2,1-4H3/b9-6+. The van der Waals surface area contributed by atoms with Crippen LogP contribution in [0.15, 0.2) is 45.7 Å². The summed E-state index contributed by atoms with van der Waals surface area (Å²) in [6, 6.07) is 9.77. The molecule has 0 aliphatic carbocycles. The molecule has 2 aromatic carbocycles. The number of thioether (sulfide) groups is 1. The number of carbonyl (C=O) groups excluding carboxylic acids is 1. The fraction of sp³-hybridized carbons (Fsp3) is 0.227. The molecule has 0 atom stereocenters. The normalized spacial score (nSPS) is 11.5. The van der Waals surface area contributed by atoms with Gasteiger partial charge in [-0.15, -0.1) is 11.8 Å². The monoisotopic (exact) mass is 366 g/mol. The average Bonchev–Trinajstić information content (AvgIpc) is 3.01. The molecule has 4 heteroatoms. The summed E-state index contributed by atoms with van der Waals surface area (Å²) in [5, 5.41) is 10.9. The Bertz CT molecular complexity index is 989. The summed E-state index contributed by atoms with van der Waals surface area (Å²) in [5.41, 5.74) is 4.16. The van der Waals surface area contributed by atoms with E-state index in [4.69, 9.17) is 4.42 Å². The first-order chi connectivity index (χ1) is 12.4.